The number of aliphatic imine (C=N–C) groups is 1. The zero-order chi connectivity index (χ0) is 21.1. The predicted octanol–water partition coefficient (Wildman–Crippen LogP) is 4.42. The third-order valence-corrected chi connectivity index (χ3v) is 6.11. The number of non-ortho nitro benzene ring substituents is 1. The lowest BCUT2D eigenvalue weighted by Gasteiger charge is -2.41. The highest BCUT2D eigenvalue weighted by molar-refractivity contribution is 8.13. The van der Waals surface area contributed by atoms with Crippen LogP contribution in [-0.2, 0) is 9.53 Å². The number of nitro groups is 1. The minimum absolute atomic E-state index is 0.0152. The van der Waals surface area contributed by atoms with Gasteiger partial charge in [-0.3, -0.25) is 10.1 Å². The quantitative estimate of drug-likeness (QED) is 0.402. The van der Waals surface area contributed by atoms with Gasteiger partial charge in [0.15, 0.2) is 5.17 Å². The van der Waals surface area contributed by atoms with Crippen molar-refractivity contribution in [2.75, 3.05) is 18.9 Å². The molecule has 154 valence electrons. The summed E-state index contributed by atoms with van der Waals surface area (Å²) >= 11 is 1.66. The van der Waals surface area contributed by atoms with E-state index >= 15 is 0 Å². The molecule has 1 atom stereocenters. The smallest absolute Gasteiger partial charge is 0.338 e. The number of esters is 1. The number of thioether (sulfide) groups is 1. The van der Waals surface area contributed by atoms with E-state index in [4.69, 9.17) is 9.73 Å². The van der Waals surface area contributed by atoms with Gasteiger partial charge in [-0.15, -0.1) is 0 Å². The van der Waals surface area contributed by atoms with Gasteiger partial charge in [0.1, 0.15) is 0 Å². The molecule has 2 heterocycles. The molecule has 0 radical (unpaired) electrons. The number of ether oxygens (including phenoxy) is 1. The van der Waals surface area contributed by atoms with Crippen molar-refractivity contribution in [3.05, 3.63) is 81.4 Å². The highest BCUT2D eigenvalue weighted by atomic mass is 32.2. The Kier molecular flexibility index (Phi) is 5.85. The average Bonchev–Trinajstić information content (AvgIpc) is 2.78. The van der Waals surface area contributed by atoms with E-state index in [0.717, 1.165) is 35.0 Å². The van der Waals surface area contributed by atoms with E-state index in [1.165, 1.54) is 12.1 Å². The average molecular weight is 423 g/mol. The van der Waals surface area contributed by atoms with Gasteiger partial charge in [-0.05, 0) is 31.0 Å². The molecule has 4 rings (SSSR count). The number of nitro benzene ring substituents is 1. The van der Waals surface area contributed by atoms with Gasteiger partial charge in [0.25, 0.3) is 5.69 Å². The van der Waals surface area contributed by atoms with Crippen molar-refractivity contribution >= 4 is 34.3 Å². The Morgan fingerprint density at radius 1 is 1.23 bits per heavy atom. The van der Waals surface area contributed by atoms with Crippen molar-refractivity contribution in [1.82, 2.24) is 4.90 Å². The molecule has 0 aliphatic carbocycles. The summed E-state index contributed by atoms with van der Waals surface area (Å²) in [6, 6.07) is 15.5. The SMILES string of the molecule is CCOC(=O)C1=C(c2ccccc2)N=C2SCCCN2[C@@H]1c1ccc([N+](=O)[O-])cc1. The van der Waals surface area contributed by atoms with Crippen molar-refractivity contribution in [3.63, 3.8) is 0 Å². The maximum absolute atomic E-state index is 13.1. The molecule has 0 unspecified atom stereocenters. The number of benzene rings is 2. The molecule has 2 aliphatic heterocycles. The van der Waals surface area contributed by atoms with Gasteiger partial charge < -0.3 is 9.64 Å². The number of rotatable bonds is 5. The normalized spacial score (nSPS) is 18.5. The fraction of sp³-hybridized carbons (Fsp3) is 0.273. The summed E-state index contributed by atoms with van der Waals surface area (Å²) in [7, 11) is 0. The Labute approximate surface area is 178 Å². The molecule has 0 N–H and O–H groups in total. The number of nitrogens with zero attached hydrogens (tertiary/aromatic N) is 3. The lowest BCUT2D eigenvalue weighted by molar-refractivity contribution is -0.384. The minimum atomic E-state index is -0.425. The van der Waals surface area contributed by atoms with Gasteiger partial charge in [0, 0.05) is 30.0 Å². The topological polar surface area (TPSA) is 85.0 Å². The lowest BCUT2D eigenvalue weighted by Crippen LogP contribution is -2.42. The zero-order valence-electron chi connectivity index (χ0n) is 16.5. The largest absolute Gasteiger partial charge is 0.463 e. The second-order valence-electron chi connectivity index (χ2n) is 6.89. The van der Waals surface area contributed by atoms with E-state index in [2.05, 4.69) is 4.90 Å². The van der Waals surface area contributed by atoms with Crippen LogP contribution in [0.1, 0.15) is 30.5 Å². The molecule has 8 heteroatoms. The van der Waals surface area contributed by atoms with Gasteiger partial charge in [-0.1, -0.05) is 42.1 Å². The molecule has 0 spiro atoms. The third-order valence-electron chi connectivity index (χ3n) is 5.03. The third kappa shape index (κ3) is 3.82. The highest BCUT2D eigenvalue weighted by Gasteiger charge is 2.39. The molecule has 0 bridgehead atoms. The first-order valence-corrected chi connectivity index (χ1v) is 10.8. The maximum Gasteiger partial charge on any atom is 0.338 e. The number of amidine groups is 1. The van der Waals surface area contributed by atoms with Crippen molar-refractivity contribution in [2.45, 2.75) is 19.4 Å². The van der Waals surface area contributed by atoms with Crippen LogP contribution in [0.3, 0.4) is 0 Å². The zero-order valence-corrected chi connectivity index (χ0v) is 17.3. The Hall–Kier alpha value is -3.13. The fourth-order valence-electron chi connectivity index (χ4n) is 3.71. The van der Waals surface area contributed by atoms with Crippen molar-refractivity contribution in [2.24, 2.45) is 4.99 Å². The van der Waals surface area contributed by atoms with Crippen LogP contribution < -0.4 is 0 Å². The van der Waals surface area contributed by atoms with Gasteiger partial charge in [-0.25, -0.2) is 9.79 Å². The number of hydrogen-bond donors (Lipinski definition) is 0. The van der Waals surface area contributed by atoms with Crippen LogP contribution in [0, 0.1) is 10.1 Å². The molecule has 0 saturated carbocycles. The molecule has 2 aromatic rings. The molecular formula is C22H21N3O4S. The molecule has 2 aliphatic rings. The van der Waals surface area contributed by atoms with Crippen molar-refractivity contribution < 1.29 is 14.5 Å². The van der Waals surface area contributed by atoms with Crippen LogP contribution in [-0.4, -0.2) is 39.9 Å². The number of carbonyl (C=O) groups is 1. The first-order chi connectivity index (χ1) is 14.6. The molecule has 0 amide bonds. The van der Waals surface area contributed by atoms with E-state index < -0.39 is 16.9 Å². The van der Waals surface area contributed by atoms with Gasteiger partial charge in [-0.2, -0.15) is 0 Å². The predicted molar refractivity (Wildman–Crippen MR) is 117 cm³/mol. The van der Waals surface area contributed by atoms with E-state index in [0.29, 0.717) is 11.3 Å². The van der Waals surface area contributed by atoms with E-state index in [1.807, 2.05) is 30.3 Å². The summed E-state index contributed by atoms with van der Waals surface area (Å²) in [5.74, 6) is 0.539. The Morgan fingerprint density at radius 2 is 1.97 bits per heavy atom. The Balaban J connectivity index is 1.91. The van der Waals surface area contributed by atoms with Crippen LogP contribution in [0.2, 0.25) is 0 Å². The second-order valence-corrected chi connectivity index (χ2v) is 7.95. The van der Waals surface area contributed by atoms with E-state index in [9.17, 15) is 14.9 Å². The number of fused-ring (bicyclic) bond motifs is 1. The Morgan fingerprint density at radius 3 is 2.63 bits per heavy atom. The molecular weight excluding hydrogens is 402 g/mol. The maximum atomic E-state index is 13.1. The monoisotopic (exact) mass is 423 g/mol. The molecule has 30 heavy (non-hydrogen) atoms. The molecule has 1 saturated heterocycles. The van der Waals surface area contributed by atoms with Crippen LogP contribution in [0.25, 0.3) is 5.70 Å². The second kappa shape index (κ2) is 8.71. The van der Waals surface area contributed by atoms with Gasteiger partial charge in [0.2, 0.25) is 0 Å². The number of hydrogen-bond acceptors (Lipinski definition) is 7. The van der Waals surface area contributed by atoms with Crippen molar-refractivity contribution in [1.29, 1.82) is 0 Å². The Bertz CT molecular complexity index is 1020. The summed E-state index contributed by atoms with van der Waals surface area (Å²) in [4.78, 5) is 30.8. The van der Waals surface area contributed by atoms with Gasteiger partial charge >= 0.3 is 5.97 Å². The summed E-state index contributed by atoms with van der Waals surface area (Å²) < 4.78 is 5.42. The molecule has 2 aromatic carbocycles. The van der Waals surface area contributed by atoms with Crippen molar-refractivity contribution in [3.8, 4) is 0 Å². The fourth-order valence-corrected chi connectivity index (χ4v) is 4.69. The lowest BCUT2D eigenvalue weighted by atomic mass is 9.91. The van der Waals surface area contributed by atoms with Crippen LogP contribution >= 0.6 is 11.8 Å². The summed E-state index contributed by atoms with van der Waals surface area (Å²) in [5, 5.41) is 12.0. The summed E-state index contributed by atoms with van der Waals surface area (Å²) in [6.07, 6.45) is 0.962. The first kappa shape index (κ1) is 20.2. The summed E-state index contributed by atoms with van der Waals surface area (Å²) in [6.45, 7) is 2.77. The van der Waals surface area contributed by atoms with E-state index in [1.54, 1.807) is 30.8 Å². The molecule has 1 fully saturated rings. The molecule has 0 aromatic heterocycles. The van der Waals surface area contributed by atoms with Gasteiger partial charge in [0.05, 0.1) is 28.8 Å². The van der Waals surface area contributed by atoms with E-state index in [-0.39, 0.29) is 12.3 Å². The standard InChI is InChI=1S/C22H21N3O4S/c1-2-29-21(26)18-19(15-7-4-3-5-8-15)23-22-24(13-6-14-30-22)20(18)16-9-11-17(12-10-16)25(27)28/h3-5,7-12,20H,2,6,13-14H2,1H3/t20-/m1/s1. The van der Waals surface area contributed by atoms with Crippen LogP contribution in [0.5, 0.6) is 0 Å². The number of carbonyl (C=O) groups excluding carboxylic acids is 1. The van der Waals surface area contributed by atoms with Crippen LogP contribution in [0.15, 0.2) is 65.2 Å². The molecule has 7 nitrogen and oxygen atoms in total. The minimum Gasteiger partial charge on any atom is -0.463 e. The summed E-state index contributed by atoms with van der Waals surface area (Å²) in [5.41, 5.74) is 2.71. The highest BCUT2D eigenvalue weighted by Crippen LogP contribution is 2.43. The van der Waals surface area contributed by atoms with Crippen LogP contribution in [0.4, 0.5) is 5.69 Å². The first-order valence-electron chi connectivity index (χ1n) is 9.79.